The second-order valence-corrected chi connectivity index (χ2v) is 5.02. The van der Waals surface area contributed by atoms with E-state index >= 15 is 0 Å². The van der Waals surface area contributed by atoms with Crippen LogP contribution in [0.3, 0.4) is 0 Å². The Morgan fingerprint density at radius 1 is 1.30 bits per heavy atom. The highest BCUT2D eigenvalue weighted by molar-refractivity contribution is 5.94. The van der Waals surface area contributed by atoms with Gasteiger partial charge in [-0.25, -0.2) is 4.79 Å². The summed E-state index contributed by atoms with van der Waals surface area (Å²) in [4.78, 5) is 15.9. The highest BCUT2D eigenvalue weighted by Crippen LogP contribution is 2.27. The van der Waals surface area contributed by atoms with E-state index in [-0.39, 0.29) is 0 Å². The van der Waals surface area contributed by atoms with Crippen LogP contribution in [0, 0.1) is 0 Å². The monoisotopic (exact) mass is 278 g/mol. The first-order valence-corrected chi connectivity index (χ1v) is 7.04. The smallest absolute Gasteiger partial charge is 0.337 e. The lowest BCUT2D eigenvalue weighted by molar-refractivity contribution is 0.0697. The number of hydrogen-bond donors (Lipinski definition) is 1. The first kappa shape index (κ1) is 14.7. The molecule has 0 aliphatic carbocycles. The maximum Gasteiger partial charge on any atom is 0.337 e. The lowest BCUT2D eigenvalue weighted by Crippen LogP contribution is -2.47. The third-order valence-electron chi connectivity index (χ3n) is 3.69. The molecule has 20 heavy (non-hydrogen) atoms. The first-order valence-electron chi connectivity index (χ1n) is 7.04. The molecule has 1 aliphatic heterocycles. The van der Waals surface area contributed by atoms with Crippen molar-refractivity contribution < 1.29 is 14.6 Å². The third-order valence-corrected chi connectivity index (χ3v) is 3.69. The van der Waals surface area contributed by atoms with Crippen LogP contribution in [0.2, 0.25) is 0 Å². The summed E-state index contributed by atoms with van der Waals surface area (Å²) in [6.45, 7) is 6.95. The summed E-state index contributed by atoms with van der Waals surface area (Å²) < 4.78 is 5.21. The Bertz CT molecular complexity index is 468. The summed E-state index contributed by atoms with van der Waals surface area (Å²) in [5.74, 6) is -0.195. The van der Waals surface area contributed by atoms with Gasteiger partial charge in [0, 0.05) is 32.2 Å². The predicted octanol–water partition coefficient (Wildman–Crippen LogP) is 1.93. The van der Waals surface area contributed by atoms with Crippen molar-refractivity contribution in [3.63, 3.8) is 0 Å². The highest BCUT2D eigenvalue weighted by atomic mass is 16.5. The quantitative estimate of drug-likeness (QED) is 0.892. The number of hydrogen-bond acceptors (Lipinski definition) is 4. The number of carbonyl (C=O) groups is 1. The molecular weight excluding hydrogens is 256 g/mol. The van der Waals surface area contributed by atoms with Crippen LogP contribution in [0.5, 0.6) is 5.75 Å². The van der Waals surface area contributed by atoms with Crippen LogP contribution in [0.4, 0.5) is 5.69 Å². The van der Waals surface area contributed by atoms with E-state index in [2.05, 4.69) is 16.7 Å². The number of aromatic carboxylic acids is 1. The van der Waals surface area contributed by atoms with Crippen molar-refractivity contribution in [2.75, 3.05) is 44.7 Å². The molecule has 0 bridgehead atoms. The Balaban J connectivity index is 2.17. The fraction of sp³-hybridized carbons (Fsp3) is 0.533. The molecule has 0 amide bonds. The summed E-state index contributed by atoms with van der Waals surface area (Å²) in [7, 11) is 1.60. The van der Waals surface area contributed by atoms with Crippen LogP contribution in [-0.2, 0) is 0 Å². The van der Waals surface area contributed by atoms with Gasteiger partial charge < -0.3 is 14.7 Å². The third kappa shape index (κ3) is 3.22. The van der Waals surface area contributed by atoms with Gasteiger partial charge in [-0.05, 0) is 25.1 Å². The zero-order valence-corrected chi connectivity index (χ0v) is 12.1. The summed E-state index contributed by atoms with van der Waals surface area (Å²) in [6.07, 6.45) is 1.15. The summed E-state index contributed by atoms with van der Waals surface area (Å²) in [6, 6.07) is 5.13. The zero-order valence-electron chi connectivity index (χ0n) is 12.1. The fourth-order valence-electron chi connectivity index (χ4n) is 2.61. The average Bonchev–Trinajstić information content (AvgIpc) is 2.47. The molecule has 0 atom stereocenters. The number of piperazine rings is 1. The minimum atomic E-state index is -0.890. The van der Waals surface area contributed by atoms with Crippen molar-refractivity contribution in [3.05, 3.63) is 23.8 Å². The summed E-state index contributed by atoms with van der Waals surface area (Å²) in [5.41, 5.74) is 1.10. The number of ether oxygens (including phenoxy) is 1. The standard InChI is InChI=1S/C15H22N2O3/c1-3-6-16-7-9-17(10-8-16)14-11-12(20-2)4-5-13(14)15(18)19/h4-5,11H,3,6-10H2,1-2H3,(H,18,19). The number of benzene rings is 1. The summed E-state index contributed by atoms with van der Waals surface area (Å²) >= 11 is 0. The van der Waals surface area contributed by atoms with Crippen molar-refractivity contribution >= 4 is 11.7 Å². The van der Waals surface area contributed by atoms with Crippen LogP contribution in [0.25, 0.3) is 0 Å². The Morgan fingerprint density at radius 3 is 2.55 bits per heavy atom. The molecule has 2 rings (SSSR count). The molecule has 1 heterocycles. The van der Waals surface area contributed by atoms with Gasteiger partial charge in [-0.15, -0.1) is 0 Å². The van der Waals surface area contributed by atoms with Crippen molar-refractivity contribution in [3.8, 4) is 5.75 Å². The van der Waals surface area contributed by atoms with Gasteiger partial charge in [0.05, 0.1) is 18.4 Å². The number of nitrogens with zero attached hydrogens (tertiary/aromatic N) is 2. The largest absolute Gasteiger partial charge is 0.497 e. The van der Waals surface area contributed by atoms with E-state index in [1.54, 1.807) is 19.2 Å². The number of rotatable bonds is 5. The van der Waals surface area contributed by atoms with Gasteiger partial charge in [0.2, 0.25) is 0 Å². The van der Waals surface area contributed by atoms with E-state index < -0.39 is 5.97 Å². The molecule has 5 nitrogen and oxygen atoms in total. The highest BCUT2D eigenvalue weighted by Gasteiger charge is 2.21. The molecule has 0 unspecified atom stereocenters. The van der Waals surface area contributed by atoms with E-state index in [1.807, 2.05) is 6.07 Å². The molecule has 1 aliphatic rings. The average molecular weight is 278 g/mol. The number of anilines is 1. The Kier molecular flexibility index (Phi) is 4.84. The van der Waals surface area contributed by atoms with Crippen LogP contribution in [0.15, 0.2) is 18.2 Å². The Morgan fingerprint density at radius 2 is 2.00 bits per heavy atom. The Hall–Kier alpha value is -1.75. The van der Waals surface area contributed by atoms with Gasteiger partial charge in [-0.1, -0.05) is 6.92 Å². The number of carboxylic acids is 1. The molecule has 5 heteroatoms. The molecule has 1 saturated heterocycles. The molecule has 1 N–H and O–H groups in total. The second kappa shape index (κ2) is 6.61. The van der Waals surface area contributed by atoms with Crippen LogP contribution in [-0.4, -0.2) is 55.8 Å². The van der Waals surface area contributed by atoms with Crippen LogP contribution in [0.1, 0.15) is 23.7 Å². The molecule has 1 aromatic carbocycles. The van der Waals surface area contributed by atoms with E-state index in [9.17, 15) is 9.90 Å². The second-order valence-electron chi connectivity index (χ2n) is 5.02. The van der Waals surface area contributed by atoms with E-state index in [4.69, 9.17) is 4.74 Å². The van der Waals surface area contributed by atoms with E-state index in [0.717, 1.165) is 44.8 Å². The number of methoxy groups -OCH3 is 1. The zero-order chi connectivity index (χ0) is 14.5. The van der Waals surface area contributed by atoms with Crippen LogP contribution >= 0.6 is 0 Å². The van der Waals surface area contributed by atoms with E-state index in [0.29, 0.717) is 11.3 Å². The van der Waals surface area contributed by atoms with Gasteiger partial charge in [0.15, 0.2) is 0 Å². The first-order chi connectivity index (χ1) is 9.65. The van der Waals surface area contributed by atoms with Gasteiger partial charge in [-0.2, -0.15) is 0 Å². The van der Waals surface area contributed by atoms with Gasteiger partial charge >= 0.3 is 5.97 Å². The maximum absolute atomic E-state index is 11.4. The van der Waals surface area contributed by atoms with Gasteiger partial charge in [-0.3, -0.25) is 4.90 Å². The molecular formula is C15H22N2O3. The molecule has 1 aromatic rings. The fourth-order valence-corrected chi connectivity index (χ4v) is 2.61. The van der Waals surface area contributed by atoms with Crippen LogP contribution < -0.4 is 9.64 Å². The minimum Gasteiger partial charge on any atom is -0.497 e. The van der Waals surface area contributed by atoms with Crippen molar-refractivity contribution in [1.29, 1.82) is 0 Å². The molecule has 0 saturated carbocycles. The molecule has 0 aromatic heterocycles. The SMILES string of the molecule is CCCN1CCN(c2cc(OC)ccc2C(=O)O)CC1. The topological polar surface area (TPSA) is 53.0 Å². The van der Waals surface area contributed by atoms with Crippen molar-refractivity contribution in [2.24, 2.45) is 0 Å². The van der Waals surface area contributed by atoms with E-state index in [1.165, 1.54) is 0 Å². The van der Waals surface area contributed by atoms with Crippen molar-refractivity contribution in [1.82, 2.24) is 4.90 Å². The van der Waals surface area contributed by atoms with Crippen molar-refractivity contribution in [2.45, 2.75) is 13.3 Å². The summed E-state index contributed by atoms with van der Waals surface area (Å²) in [5, 5.41) is 9.32. The maximum atomic E-state index is 11.4. The minimum absolute atomic E-state index is 0.342. The number of carboxylic acid groups (broad SMARTS) is 1. The lowest BCUT2D eigenvalue weighted by Gasteiger charge is -2.36. The lowest BCUT2D eigenvalue weighted by atomic mass is 10.1. The van der Waals surface area contributed by atoms with Gasteiger partial charge in [0.1, 0.15) is 5.75 Å². The van der Waals surface area contributed by atoms with Gasteiger partial charge in [0.25, 0.3) is 0 Å². The molecule has 1 fully saturated rings. The molecule has 110 valence electrons. The molecule has 0 radical (unpaired) electrons. The Labute approximate surface area is 119 Å². The molecule has 0 spiro atoms. The normalized spacial score (nSPS) is 16.2. The predicted molar refractivity (Wildman–Crippen MR) is 78.9 cm³/mol.